The minimum Gasteiger partial charge on any atom is -0.314 e. The van der Waals surface area contributed by atoms with Gasteiger partial charge in [-0.25, -0.2) is 0 Å². The highest BCUT2D eigenvalue weighted by Gasteiger charge is 2.24. The van der Waals surface area contributed by atoms with Crippen molar-refractivity contribution in [3.63, 3.8) is 0 Å². The van der Waals surface area contributed by atoms with E-state index >= 15 is 0 Å². The van der Waals surface area contributed by atoms with Gasteiger partial charge in [-0.05, 0) is 44.1 Å². The Morgan fingerprint density at radius 2 is 2.14 bits per heavy atom. The van der Waals surface area contributed by atoms with Crippen LogP contribution in [0.1, 0.15) is 46.0 Å². The molecule has 3 atom stereocenters. The summed E-state index contributed by atoms with van der Waals surface area (Å²) in [5, 5.41) is 12.0. The van der Waals surface area contributed by atoms with Crippen LogP contribution in [0, 0.1) is 23.2 Å². The molecule has 0 heterocycles. The standard InChI is InChI=1S/C12H22N2/c1-10-5-6-12(11(2)9-10)14-8-4-3-7-13/h10-12,14H,3-6,8-9H2,1-2H3. The van der Waals surface area contributed by atoms with E-state index in [-0.39, 0.29) is 0 Å². The Morgan fingerprint density at radius 3 is 2.79 bits per heavy atom. The lowest BCUT2D eigenvalue weighted by Gasteiger charge is -2.33. The zero-order chi connectivity index (χ0) is 10.4. The fraction of sp³-hybridized carbons (Fsp3) is 0.917. The Hall–Kier alpha value is -0.550. The van der Waals surface area contributed by atoms with E-state index in [1.165, 1.54) is 19.3 Å². The van der Waals surface area contributed by atoms with Crippen molar-refractivity contribution in [1.29, 1.82) is 5.26 Å². The van der Waals surface area contributed by atoms with Crippen LogP contribution in [0.4, 0.5) is 0 Å². The van der Waals surface area contributed by atoms with Gasteiger partial charge in [-0.1, -0.05) is 13.8 Å². The molecule has 1 aliphatic rings. The molecule has 0 bridgehead atoms. The average molecular weight is 194 g/mol. The number of nitrogens with one attached hydrogen (secondary N) is 1. The molecule has 2 nitrogen and oxygen atoms in total. The third-order valence-electron chi connectivity index (χ3n) is 3.30. The number of hydrogen-bond donors (Lipinski definition) is 1. The second-order valence-corrected chi connectivity index (χ2v) is 4.72. The fourth-order valence-corrected chi connectivity index (χ4v) is 2.42. The molecule has 0 aliphatic heterocycles. The summed E-state index contributed by atoms with van der Waals surface area (Å²) in [5.41, 5.74) is 0. The molecule has 1 N–H and O–H groups in total. The normalized spacial score (nSPS) is 32.5. The van der Waals surface area contributed by atoms with Crippen LogP contribution in [0.5, 0.6) is 0 Å². The van der Waals surface area contributed by atoms with Crippen molar-refractivity contribution in [3.05, 3.63) is 0 Å². The second-order valence-electron chi connectivity index (χ2n) is 4.72. The van der Waals surface area contributed by atoms with E-state index in [1.54, 1.807) is 0 Å². The van der Waals surface area contributed by atoms with Gasteiger partial charge in [0.15, 0.2) is 0 Å². The zero-order valence-corrected chi connectivity index (χ0v) is 9.42. The summed E-state index contributed by atoms with van der Waals surface area (Å²) in [5.74, 6) is 1.71. The van der Waals surface area contributed by atoms with Crippen LogP contribution in [0.25, 0.3) is 0 Å². The summed E-state index contributed by atoms with van der Waals surface area (Å²) < 4.78 is 0. The van der Waals surface area contributed by atoms with Gasteiger partial charge < -0.3 is 5.32 Å². The SMILES string of the molecule is CC1CCC(NCCCC#N)C(C)C1. The predicted molar refractivity (Wildman–Crippen MR) is 58.8 cm³/mol. The van der Waals surface area contributed by atoms with Crippen LogP contribution < -0.4 is 5.32 Å². The molecule has 1 aliphatic carbocycles. The number of nitrogens with zero attached hydrogens (tertiary/aromatic N) is 1. The van der Waals surface area contributed by atoms with Crippen LogP contribution >= 0.6 is 0 Å². The first-order valence-corrected chi connectivity index (χ1v) is 5.84. The Balaban J connectivity index is 2.15. The van der Waals surface area contributed by atoms with E-state index in [4.69, 9.17) is 5.26 Å². The molecule has 80 valence electrons. The molecule has 0 aromatic heterocycles. The zero-order valence-electron chi connectivity index (χ0n) is 9.42. The summed E-state index contributed by atoms with van der Waals surface area (Å²) in [6.07, 6.45) is 5.71. The van der Waals surface area contributed by atoms with Gasteiger partial charge in [0.05, 0.1) is 6.07 Å². The topological polar surface area (TPSA) is 35.8 Å². The lowest BCUT2D eigenvalue weighted by molar-refractivity contribution is 0.228. The van der Waals surface area contributed by atoms with Gasteiger partial charge in [0.1, 0.15) is 0 Å². The molecule has 2 heteroatoms. The summed E-state index contributed by atoms with van der Waals surface area (Å²) in [6, 6.07) is 2.88. The second kappa shape index (κ2) is 6.03. The highest BCUT2D eigenvalue weighted by Crippen LogP contribution is 2.28. The first kappa shape index (κ1) is 11.5. The van der Waals surface area contributed by atoms with Crippen molar-refractivity contribution < 1.29 is 0 Å². The Bertz CT molecular complexity index is 195. The Kier molecular flexibility index (Phi) is 4.97. The lowest BCUT2D eigenvalue weighted by atomic mass is 9.80. The lowest BCUT2D eigenvalue weighted by Crippen LogP contribution is -2.39. The van der Waals surface area contributed by atoms with Crippen LogP contribution in [-0.2, 0) is 0 Å². The van der Waals surface area contributed by atoms with Gasteiger partial charge in [0.25, 0.3) is 0 Å². The molecule has 0 aromatic rings. The summed E-state index contributed by atoms with van der Waals surface area (Å²) >= 11 is 0. The number of nitriles is 1. The largest absolute Gasteiger partial charge is 0.314 e. The molecule has 0 radical (unpaired) electrons. The Labute approximate surface area is 87.7 Å². The summed E-state index contributed by atoms with van der Waals surface area (Å²) in [4.78, 5) is 0. The molecule has 0 spiro atoms. The Morgan fingerprint density at radius 1 is 1.36 bits per heavy atom. The third-order valence-corrected chi connectivity index (χ3v) is 3.30. The van der Waals surface area contributed by atoms with E-state index in [2.05, 4.69) is 25.2 Å². The van der Waals surface area contributed by atoms with Gasteiger partial charge in [-0.3, -0.25) is 0 Å². The van der Waals surface area contributed by atoms with Gasteiger partial charge >= 0.3 is 0 Å². The smallest absolute Gasteiger partial charge is 0.0622 e. The van der Waals surface area contributed by atoms with Crippen LogP contribution in [0.3, 0.4) is 0 Å². The third kappa shape index (κ3) is 3.67. The highest BCUT2D eigenvalue weighted by molar-refractivity contribution is 4.81. The maximum Gasteiger partial charge on any atom is 0.0622 e. The first-order valence-electron chi connectivity index (χ1n) is 5.84. The van der Waals surface area contributed by atoms with E-state index in [1.807, 2.05) is 0 Å². The van der Waals surface area contributed by atoms with Crippen LogP contribution in [0.15, 0.2) is 0 Å². The molecule has 0 aromatic carbocycles. The predicted octanol–water partition coefficient (Wildman–Crippen LogP) is 2.70. The average Bonchev–Trinajstić information content (AvgIpc) is 2.15. The van der Waals surface area contributed by atoms with Gasteiger partial charge in [0.2, 0.25) is 0 Å². The highest BCUT2D eigenvalue weighted by atomic mass is 14.9. The van der Waals surface area contributed by atoms with Crippen molar-refractivity contribution in [2.75, 3.05) is 6.54 Å². The molecule has 1 rings (SSSR count). The molecule has 1 fully saturated rings. The van der Waals surface area contributed by atoms with Gasteiger partial charge in [-0.15, -0.1) is 0 Å². The van der Waals surface area contributed by atoms with E-state index < -0.39 is 0 Å². The van der Waals surface area contributed by atoms with Crippen molar-refractivity contribution in [3.8, 4) is 6.07 Å². The van der Waals surface area contributed by atoms with Crippen molar-refractivity contribution in [2.24, 2.45) is 11.8 Å². The molecule has 0 amide bonds. The molecular weight excluding hydrogens is 172 g/mol. The number of rotatable bonds is 4. The quantitative estimate of drug-likeness (QED) is 0.698. The molecule has 1 saturated carbocycles. The number of unbranched alkanes of at least 4 members (excludes halogenated alkanes) is 1. The first-order chi connectivity index (χ1) is 6.74. The van der Waals surface area contributed by atoms with Crippen LogP contribution in [-0.4, -0.2) is 12.6 Å². The van der Waals surface area contributed by atoms with Crippen molar-refractivity contribution in [1.82, 2.24) is 5.32 Å². The minimum absolute atomic E-state index is 0.685. The van der Waals surface area contributed by atoms with E-state index in [0.717, 1.165) is 24.8 Å². The van der Waals surface area contributed by atoms with Crippen molar-refractivity contribution >= 4 is 0 Å². The maximum atomic E-state index is 8.41. The maximum absolute atomic E-state index is 8.41. The summed E-state index contributed by atoms with van der Waals surface area (Å²) in [7, 11) is 0. The van der Waals surface area contributed by atoms with E-state index in [0.29, 0.717) is 12.5 Å². The summed E-state index contributed by atoms with van der Waals surface area (Å²) in [6.45, 7) is 5.71. The minimum atomic E-state index is 0.685. The molecular formula is C12H22N2. The van der Waals surface area contributed by atoms with Crippen LogP contribution in [0.2, 0.25) is 0 Å². The monoisotopic (exact) mass is 194 g/mol. The van der Waals surface area contributed by atoms with Gasteiger partial charge in [0, 0.05) is 12.5 Å². The molecule has 3 unspecified atom stereocenters. The fourth-order valence-electron chi connectivity index (χ4n) is 2.42. The van der Waals surface area contributed by atoms with E-state index in [9.17, 15) is 0 Å². The van der Waals surface area contributed by atoms with Gasteiger partial charge in [-0.2, -0.15) is 5.26 Å². The van der Waals surface area contributed by atoms with Crippen molar-refractivity contribution in [2.45, 2.75) is 52.0 Å². The number of hydrogen-bond acceptors (Lipinski definition) is 2. The molecule has 0 saturated heterocycles. The molecule has 14 heavy (non-hydrogen) atoms.